The molecule has 3 heterocycles. The number of anilines is 1. The zero-order valence-electron chi connectivity index (χ0n) is 23.0. The van der Waals surface area contributed by atoms with Crippen LogP contribution in [-0.2, 0) is 0 Å². The molecule has 37 heavy (non-hydrogen) atoms. The van der Waals surface area contributed by atoms with Gasteiger partial charge in [0, 0.05) is 24.6 Å². The third-order valence-electron chi connectivity index (χ3n) is 6.19. The molecule has 0 spiro atoms. The molecule has 0 radical (unpaired) electrons. The summed E-state index contributed by atoms with van der Waals surface area (Å²) in [5, 5.41) is 16.1. The average Bonchev–Trinajstić information content (AvgIpc) is 3.60. The molecule has 2 aromatic heterocycles. The number of methoxy groups -OCH3 is 3. The summed E-state index contributed by atoms with van der Waals surface area (Å²) >= 11 is 1.68. The first-order valence-electron chi connectivity index (χ1n) is 12.5. The molecule has 9 nitrogen and oxygen atoms in total. The molecule has 3 aromatic rings. The zero-order valence-corrected chi connectivity index (χ0v) is 23.8. The molecule has 0 amide bonds. The van der Waals surface area contributed by atoms with E-state index < -0.39 is 0 Å². The summed E-state index contributed by atoms with van der Waals surface area (Å²) in [5.41, 5.74) is 1.98. The molecule has 0 fully saturated rings. The molecule has 0 unspecified atom stereocenters. The second kappa shape index (κ2) is 10.9. The van der Waals surface area contributed by atoms with Gasteiger partial charge >= 0.3 is 0 Å². The standard InChI is InChI=1S/C27H36N6O3S/c1-9-11-14-32(10-2)21-13-12-20(37-21)28-22-24(27(3,4)5)31-33-25(29-30-26(22)33)18-15-17(34-6)16-19(35-7)23(18)36-8/h12-13,15-16H,9-11,14H2,1-8H3. The van der Waals surface area contributed by atoms with E-state index in [0.29, 0.717) is 34.5 Å². The highest BCUT2D eigenvalue weighted by Crippen LogP contribution is 2.42. The fourth-order valence-corrected chi connectivity index (χ4v) is 5.18. The third kappa shape index (κ3) is 5.20. The van der Waals surface area contributed by atoms with Crippen LogP contribution in [0.2, 0.25) is 0 Å². The number of nitrogens with zero attached hydrogens (tertiary/aromatic N) is 6. The van der Waals surface area contributed by atoms with E-state index in [9.17, 15) is 0 Å². The van der Waals surface area contributed by atoms with E-state index in [1.807, 2.05) is 6.07 Å². The highest BCUT2D eigenvalue weighted by Gasteiger charge is 2.36. The van der Waals surface area contributed by atoms with Gasteiger partial charge in [-0.25, -0.2) is 4.99 Å². The predicted octanol–water partition coefficient (Wildman–Crippen LogP) is 6.04. The molecule has 0 bridgehead atoms. The van der Waals surface area contributed by atoms with Crippen molar-refractivity contribution in [2.24, 2.45) is 15.5 Å². The first kappa shape index (κ1) is 26.7. The van der Waals surface area contributed by atoms with Crippen LogP contribution in [0.1, 0.15) is 53.3 Å². The van der Waals surface area contributed by atoms with Crippen molar-refractivity contribution < 1.29 is 14.2 Å². The number of unbranched alkanes of at least 4 members (excludes halogenated alkanes) is 1. The Labute approximate surface area is 222 Å². The van der Waals surface area contributed by atoms with Gasteiger partial charge in [-0.3, -0.25) is 0 Å². The van der Waals surface area contributed by atoms with Crippen molar-refractivity contribution in [2.45, 2.75) is 47.5 Å². The number of thiophene rings is 1. The summed E-state index contributed by atoms with van der Waals surface area (Å²) < 4.78 is 18.5. The molecule has 0 aliphatic carbocycles. The normalized spacial score (nSPS) is 14.1. The largest absolute Gasteiger partial charge is 0.497 e. The lowest BCUT2D eigenvalue weighted by atomic mass is 9.87. The predicted molar refractivity (Wildman–Crippen MR) is 151 cm³/mol. The molecule has 0 saturated carbocycles. The second-order valence-electron chi connectivity index (χ2n) is 9.77. The van der Waals surface area contributed by atoms with Crippen LogP contribution < -0.4 is 19.1 Å². The van der Waals surface area contributed by atoms with Gasteiger partial charge in [0.2, 0.25) is 5.82 Å². The summed E-state index contributed by atoms with van der Waals surface area (Å²) in [5.74, 6) is 2.81. The summed E-state index contributed by atoms with van der Waals surface area (Å²) in [6.45, 7) is 12.8. The molecule has 1 aromatic carbocycles. The maximum absolute atomic E-state index is 5.69. The Bertz CT molecular complexity index is 1320. The number of ether oxygens (including phenoxy) is 3. The molecule has 0 atom stereocenters. The van der Waals surface area contributed by atoms with Gasteiger partial charge in [-0.15, -0.1) is 10.2 Å². The first-order chi connectivity index (χ1) is 17.7. The first-order valence-corrected chi connectivity index (χ1v) is 13.4. The van der Waals surface area contributed by atoms with Crippen molar-refractivity contribution >= 4 is 32.8 Å². The summed E-state index contributed by atoms with van der Waals surface area (Å²) in [6.07, 6.45) is 2.34. The van der Waals surface area contributed by atoms with Crippen molar-refractivity contribution in [3.05, 3.63) is 30.1 Å². The van der Waals surface area contributed by atoms with Gasteiger partial charge in [0.05, 0.1) is 37.6 Å². The Morgan fingerprint density at radius 1 is 1.00 bits per heavy atom. The van der Waals surface area contributed by atoms with Gasteiger partial charge in [-0.2, -0.15) is 9.78 Å². The molecular weight excluding hydrogens is 488 g/mol. The van der Waals surface area contributed by atoms with Crippen LogP contribution in [-0.4, -0.2) is 60.7 Å². The van der Waals surface area contributed by atoms with Crippen molar-refractivity contribution in [1.29, 1.82) is 0 Å². The zero-order chi connectivity index (χ0) is 26.7. The van der Waals surface area contributed by atoms with Crippen LogP contribution in [0.4, 0.5) is 10.0 Å². The highest BCUT2D eigenvalue weighted by molar-refractivity contribution is 7.19. The Hall–Kier alpha value is -3.40. The van der Waals surface area contributed by atoms with Crippen LogP contribution in [0, 0.1) is 5.41 Å². The lowest BCUT2D eigenvalue weighted by Gasteiger charge is -2.20. The maximum Gasteiger partial charge on any atom is 0.205 e. The smallest absolute Gasteiger partial charge is 0.205 e. The Morgan fingerprint density at radius 2 is 1.76 bits per heavy atom. The molecule has 10 heteroatoms. The molecule has 0 saturated heterocycles. The second-order valence-corrected chi connectivity index (χ2v) is 10.8. The van der Waals surface area contributed by atoms with Gasteiger partial charge in [0.1, 0.15) is 16.5 Å². The lowest BCUT2D eigenvalue weighted by Crippen LogP contribution is -2.27. The maximum atomic E-state index is 5.69. The van der Waals surface area contributed by atoms with E-state index in [4.69, 9.17) is 24.3 Å². The fourth-order valence-electron chi connectivity index (χ4n) is 4.21. The van der Waals surface area contributed by atoms with Gasteiger partial charge < -0.3 is 19.1 Å². The van der Waals surface area contributed by atoms with Gasteiger partial charge in [0.25, 0.3) is 0 Å². The monoisotopic (exact) mass is 524 g/mol. The third-order valence-corrected chi connectivity index (χ3v) is 7.23. The van der Waals surface area contributed by atoms with E-state index >= 15 is 0 Å². The van der Waals surface area contributed by atoms with Crippen LogP contribution >= 0.6 is 11.3 Å². The van der Waals surface area contributed by atoms with Crippen LogP contribution in [0.3, 0.4) is 0 Å². The van der Waals surface area contributed by atoms with E-state index in [1.54, 1.807) is 43.4 Å². The molecule has 198 valence electrons. The Kier molecular flexibility index (Phi) is 7.87. The fraction of sp³-hybridized carbons (Fsp3) is 0.481. The number of hydrogen-bond donors (Lipinski definition) is 0. The number of rotatable bonds is 10. The molecular formula is C27H36N6O3S. The minimum Gasteiger partial charge on any atom is -0.497 e. The van der Waals surface area contributed by atoms with Gasteiger partial charge in [-0.05, 0) is 31.5 Å². The minimum atomic E-state index is -0.260. The van der Waals surface area contributed by atoms with Crippen LogP contribution in [0.15, 0.2) is 34.4 Å². The molecule has 0 N–H and O–H groups in total. The van der Waals surface area contributed by atoms with Crippen LogP contribution in [0.25, 0.3) is 11.4 Å². The van der Waals surface area contributed by atoms with E-state index in [0.717, 1.165) is 29.5 Å². The quantitative estimate of drug-likeness (QED) is 0.321. The van der Waals surface area contributed by atoms with Crippen molar-refractivity contribution in [2.75, 3.05) is 39.3 Å². The van der Waals surface area contributed by atoms with E-state index in [-0.39, 0.29) is 5.41 Å². The van der Waals surface area contributed by atoms with Crippen LogP contribution in [0.5, 0.6) is 17.2 Å². The molecule has 4 rings (SSSR count). The SMILES string of the molecule is CCCCN(CC)c1ccc(N=C2C(C(C)(C)C)=Nn3c2nnc3-c2cc(OC)cc(OC)c2OC)s1. The summed E-state index contributed by atoms with van der Waals surface area (Å²) in [4.78, 5) is 7.45. The number of benzene rings is 1. The number of aromatic nitrogens is 3. The molecule has 1 aliphatic rings. The number of fused-ring (bicyclic) bond motifs is 1. The number of hydrogen-bond acceptors (Lipinski definition) is 9. The Morgan fingerprint density at radius 3 is 2.38 bits per heavy atom. The average molecular weight is 525 g/mol. The highest BCUT2D eigenvalue weighted by atomic mass is 32.1. The van der Waals surface area contributed by atoms with Crippen molar-refractivity contribution in [3.8, 4) is 28.6 Å². The van der Waals surface area contributed by atoms with Crippen molar-refractivity contribution in [3.63, 3.8) is 0 Å². The summed E-state index contributed by atoms with van der Waals surface area (Å²) in [6, 6.07) is 7.84. The summed E-state index contributed by atoms with van der Waals surface area (Å²) in [7, 11) is 4.80. The van der Waals surface area contributed by atoms with E-state index in [1.165, 1.54) is 17.8 Å². The van der Waals surface area contributed by atoms with Gasteiger partial charge in [-0.1, -0.05) is 45.5 Å². The van der Waals surface area contributed by atoms with Crippen molar-refractivity contribution in [1.82, 2.24) is 14.9 Å². The van der Waals surface area contributed by atoms with E-state index in [2.05, 4.69) is 61.8 Å². The Balaban J connectivity index is 1.81. The number of aliphatic imine (C=N–C) groups is 1. The van der Waals surface area contributed by atoms with Gasteiger partial charge in [0.15, 0.2) is 17.3 Å². The topological polar surface area (TPSA) is 86.4 Å². The lowest BCUT2D eigenvalue weighted by molar-refractivity contribution is 0.350. The minimum absolute atomic E-state index is 0.260. The molecule has 1 aliphatic heterocycles.